The van der Waals surface area contributed by atoms with Crippen LogP contribution >= 0.6 is 11.6 Å². The van der Waals surface area contributed by atoms with Crippen molar-refractivity contribution in [2.45, 2.75) is 26.3 Å². The van der Waals surface area contributed by atoms with Gasteiger partial charge in [-0.2, -0.15) is 0 Å². The predicted molar refractivity (Wildman–Crippen MR) is 82.5 cm³/mol. The molecule has 0 heterocycles. The van der Waals surface area contributed by atoms with Crippen molar-refractivity contribution in [2.75, 3.05) is 27.3 Å². The minimum atomic E-state index is -0.863. The second kappa shape index (κ2) is 8.10. The van der Waals surface area contributed by atoms with E-state index in [9.17, 15) is 9.90 Å². The Morgan fingerprint density at radius 2 is 1.90 bits per heavy atom. The van der Waals surface area contributed by atoms with Gasteiger partial charge in [-0.1, -0.05) is 31.5 Å². The molecule has 0 aliphatic heterocycles. The van der Waals surface area contributed by atoms with Crippen LogP contribution in [0, 0.1) is 0 Å². The van der Waals surface area contributed by atoms with Gasteiger partial charge in [0.2, 0.25) is 0 Å². The first-order chi connectivity index (χ1) is 9.99. The highest BCUT2D eigenvalue weighted by atomic mass is 35.5. The number of rotatable bonds is 8. The fourth-order valence-electron chi connectivity index (χ4n) is 2.43. The lowest BCUT2D eigenvalue weighted by molar-refractivity contribution is -0.138. The summed E-state index contributed by atoms with van der Waals surface area (Å²) in [6, 6.07) is 3.25. The molecule has 1 aromatic rings. The average molecular weight is 316 g/mol. The highest BCUT2D eigenvalue weighted by molar-refractivity contribution is 6.33. The van der Waals surface area contributed by atoms with Crippen molar-refractivity contribution in [3.63, 3.8) is 0 Å². The van der Waals surface area contributed by atoms with E-state index in [-0.39, 0.29) is 12.5 Å². The molecule has 0 aliphatic rings. The van der Waals surface area contributed by atoms with Crippen molar-refractivity contribution in [3.05, 3.63) is 22.7 Å². The molecule has 1 atom stereocenters. The largest absolute Gasteiger partial charge is 0.493 e. The zero-order chi connectivity index (χ0) is 16.0. The number of methoxy groups -OCH3 is 2. The lowest BCUT2D eigenvalue weighted by Gasteiger charge is -2.30. The molecule has 0 aromatic heterocycles. The van der Waals surface area contributed by atoms with Gasteiger partial charge in [-0.15, -0.1) is 0 Å². The molecule has 0 spiro atoms. The van der Waals surface area contributed by atoms with E-state index in [1.165, 1.54) is 14.2 Å². The molecule has 6 heteroatoms. The fraction of sp³-hybridized carbons (Fsp3) is 0.533. The highest BCUT2D eigenvalue weighted by Crippen LogP contribution is 2.41. The maximum atomic E-state index is 11.2. The first kappa shape index (κ1) is 17.6. The molecule has 1 rings (SSSR count). The molecule has 5 nitrogen and oxygen atoms in total. The number of carboxylic acid groups (broad SMARTS) is 1. The summed E-state index contributed by atoms with van der Waals surface area (Å²) in [6.45, 7) is 5.46. The number of hydrogen-bond acceptors (Lipinski definition) is 4. The Morgan fingerprint density at radius 1 is 1.29 bits per heavy atom. The van der Waals surface area contributed by atoms with Crippen molar-refractivity contribution < 1.29 is 19.4 Å². The second-order valence-electron chi connectivity index (χ2n) is 4.54. The summed E-state index contributed by atoms with van der Waals surface area (Å²) in [7, 11) is 3.05. The van der Waals surface area contributed by atoms with E-state index >= 15 is 0 Å². The Kier molecular flexibility index (Phi) is 6.78. The average Bonchev–Trinajstić information content (AvgIpc) is 2.46. The van der Waals surface area contributed by atoms with Gasteiger partial charge in [0, 0.05) is 6.04 Å². The number of nitrogens with zero attached hydrogens (tertiary/aromatic N) is 1. The zero-order valence-corrected chi connectivity index (χ0v) is 13.6. The fourth-order valence-corrected chi connectivity index (χ4v) is 2.79. The summed E-state index contributed by atoms with van der Waals surface area (Å²) >= 11 is 6.40. The minimum Gasteiger partial charge on any atom is -0.493 e. The Bertz CT molecular complexity index is 489. The maximum Gasteiger partial charge on any atom is 0.305 e. The normalized spacial score (nSPS) is 12.3. The number of hydrogen-bond donors (Lipinski definition) is 1. The summed E-state index contributed by atoms with van der Waals surface area (Å²) in [6.07, 6.45) is -0.0170. The van der Waals surface area contributed by atoms with Gasteiger partial charge in [0.25, 0.3) is 0 Å². The molecule has 118 valence electrons. The molecular formula is C15H22ClNO4. The second-order valence-corrected chi connectivity index (χ2v) is 4.92. The van der Waals surface area contributed by atoms with Gasteiger partial charge in [0.05, 0.1) is 25.7 Å². The van der Waals surface area contributed by atoms with E-state index in [1.54, 1.807) is 12.1 Å². The molecule has 1 N–H and O–H groups in total. The quantitative estimate of drug-likeness (QED) is 0.798. The molecule has 0 saturated carbocycles. The molecule has 1 aromatic carbocycles. The first-order valence-electron chi connectivity index (χ1n) is 6.86. The Hall–Kier alpha value is -1.46. The third-order valence-corrected chi connectivity index (χ3v) is 3.88. The Balaban J connectivity index is 3.33. The SMILES string of the molecule is CCN(CC)C(CC(=O)O)c1ccc(OC)c(OC)c1Cl. The van der Waals surface area contributed by atoms with E-state index < -0.39 is 5.97 Å². The highest BCUT2D eigenvalue weighted by Gasteiger charge is 2.26. The number of carboxylic acids is 1. The van der Waals surface area contributed by atoms with E-state index in [2.05, 4.69) is 4.90 Å². The third-order valence-electron chi connectivity index (χ3n) is 3.49. The number of ether oxygens (including phenoxy) is 2. The summed E-state index contributed by atoms with van der Waals surface area (Å²) in [5, 5.41) is 9.58. The lowest BCUT2D eigenvalue weighted by Crippen LogP contribution is -2.30. The van der Waals surface area contributed by atoms with Crippen LogP contribution in [-0.4, -0.2) is 43.3 Å². The van der Waals surface area contributed by atoms with Crippen LogP contribution < -0.4 is 9.47 Å². The van der Waals surface area contributed by atoms with Crippen LogP contribution in [0.25, 0.3) is 0 Å². The van der Waals surface area contributed by atoms with Gasteiger partial charge >= 0.3 is 5.97 Å². The van der Waals surface area contributed by atoms with Crippen LogP contribution in [0.1, 0.15) is 31.9 Å². The maximum absolute atomic E-state index is 11.2. The number of aliphatic carboxylic acids is 1. The smallest absolute Gasteiger partial charge is 0.305 e. The van der Waals surface area contributed by atoms with E-state index in [0.29, 0.717) is 16.5 Å². The van der Waals surface area contributed by atoms with Crippen LogP contribution in [0.2, 0.25) is 5.02 Å². The van der Waals surface area contributed by atoms with Crippen molar-refractivity contribution >= 4 is 17.6 Å². The number of halogens is 1. The molecule has 0 aliphatic carbocycles. The monoisotopic (exact) mass is 315 g/mol. The predicted octanol–water partition coefficient (Wildman–Crippen LogP) is 3.21. The summed E-state index contributed by atoms with van der Waals surface area (Å²) in [5.74, 6) is 0.0943. The van der Waals surface area contributed by atoms with Crippen molar-refractivity contribution in [1.82, 2.24) is 4.90 Å². The van der Waals surface area contributed by atoms with Crippen molar-refractivity contribution in [3.8, 4) is 11.5 Å². The van der Waals surface area contributed by atoms with Gasteiger partial charge in [-0.3, -0.25) is 9.69 Å². The molecule has 0 bridgehead atoms. The molecule has 0 saturated heterocycles. The van der Waals surface area contributed by atoms with E-state index in [0.717, 1.165) is 18.7 Å². The van der Waals surface area contributed by atoms with Crippen molar-refractivity contribution in [1.29, 1.82) is 0 Å². The third kappa shape index (κ3) is 4.02. The van der Waals surface area contributed by atoms with Crippen LogP contribution in [0.4, 0.5) is 0 Å². The van der Waals surface area contributed by atoms with Gasteiger partial charge < -0.3 is 14.6 Å². The number of benzene rings is 1. The Labute approximate surface area is 130 Å². The van der Waals surface area contributed by atoms with E-state index in [1.807, 2.05) is 13.8 Å². The summed E-state index contributed by atoms with van der Waals surface area (Å²) in [5.41, 5.74) is 0.736. The van der Waals surface area contributed by atoms with Crippen LogP contribution in [0.15, 0.2) is 12.1 Å². The summed E-state index contributed by atoms with van der Waals surface area (Å²) in [4.78, 5) is 13.2. The zero-order valence-electron chi connectivity index (χ0n) is 12.9. The van der Waals surface area contributed by atoms with E-state index in [4.69, 9.17) is 21.1 Å². The molecule has 0 amide bonds. The molecule has 21 heavy (non-hydrogen) atoms. The lowest BCUT2D eigenvalue weighted by atomic mass is 10.0. The van der Waals surface area contributed by atoms with Gasteiger partial charge in [-0.25, -0.2) is 0 Å². The number of carbonyl (C=O) groups is 1. The summed E-state index contributed by atoms with van der Waals surface area (Å²) < 4.78 is 10.5. The van der Waals surface area contributed by atoms with Gasteiger partial charge in [-0.05, 0) is 24.7 Å². The Morgan fingerprint density at radius 3 is 2.33 bits per heavy atom. The minimum absolute atomic E-state index is 0.0170. The van der Waals surface area contributed by atoms with Crippen molar-refractivity contribution in [2.24, 2.45) is 0 Å². The van der Waals surface area contributed by atoms with Crippen LogP contribution in [-0.2, 0) is 4.79 Å². The van der Waals surface area contributed by atoms with Gasteiger partial charge in [0.15, 0.2) is 11.5 Å². The van der Waals surface area contributed by atoms with Gasteiger partial charge in [0.1, 0.15) is 0 Å². The van der Waals surface area contributed by atoms with Crippen LogP contribution in [0.3, 0.4) is 0 Å². The molecule has 0 radical (unpaired) electrons. The molecule has 0 fully saturated rings. The molecular weight excluding hydrogens is 294 g/mol. The first-order valence-corrected chi connectivity index (χ1v) is 7.24. The topological polar surface area (TPSA) is 59.0 Å². The molecule has 1 unspecified atom stereocenters. The van der Waals surface area contributed by atoms with Crippen LogP contribution in [0.5, 0.6) is 11.5 Å². The standard InChI is InChI=1S/C15H22ClNO4/c1-5-17(6-2)11(9-13(18)19)10-7-8-12(20-3)15(21-4)14(10)16/h7-8,11H,5-6,9H2,1-4H3,(H,18,19).